The van der Waals surface area contributed by atoms with Crippen LogP contribution in [0.15, 0.2) is 30.5 Å². The molecule has 1 aliphatic rings. The van der Waals surface area contributed by atoms with Crippen molar-refractivity contribution in [3.05, 3.63) is 36.0 Å². The molecule has 2 aromatic rings. The zero-order valence-corrected chi connectivity index (χ0v) is 13.8. The average molecular weight is 319 g/mol. The van der Waals surface area contributed by atoms with E-state index in [0.717, 1.165) is 48.3 Å². The van der Waals surface area contributed by atoms with Gasteiger partial charge < -0.3 is 0 Å². The van der Waals surface area contributed by atoms with Crippen LogP contribution < -0.4 is 4.31 Å². The lowest BCUT2D eigenvalue weighted by Crippen LogP contribution is -2.34. The summed E-state index contributed by atoms with van der Waals surface area (Å²) in [7, 11) is -3.23. The van der Waals surface area contributed by atoms with Crippen LogP contribution in [0.1, 0.15) is 25.3 Å². The summed E-state index contributed by atoms with van der Waals surface area (Å²) in [6.45, 7) is 3.56. The number of hydrogen-bond donors (Lipinski definition) is 0. The van der Waals surface area contributed by atoms with Gasteiger partial charge in [0.2, 0.25) is 10.0 Å². The van der Waals surface area contributed by atoms with Gasteiger partial charge >= 0.3 is 0 Å². The van der Waals surface area contributed by atoms with Crippen molar-refractivity contribution in [3.8, 4) is 11.3 Å². The molecule has 0 radical (unpaired) electrons. The van der Waals surface area contributed by atoms with Gasteiger partial charge in [-0.25, -0.2) is 8.42 Å². The van der Waals surface area contributed by atoms with Gasteiger partial charge in [0.1, 0.15) is 0 Å². The summed E-state index contributed by atoms with van der Waals surface area (Å²) in [5.41, 5.74) is 3.74. The van der Waals surface area contributed by atoms with Gasteiger partial charge in [-0.1, -0.05) is 19.1 Å². The first-order valence-electron chi connectivity index (χ1n) is 7.63. The topological polar surface area (TPSA) is 55.2 Å². The average Bonchev–Trinajstić information content (AvgIpc) is 2.94. The number of hydrogen-bond acceptors (Lipinski definition) is 3. The summed E-state index contributed by atoms with van der Waals surface area (Å²) in [5, 5.41) is 4.56. The molecule has 0 unspecified atom stereocenters. The van der Waals surface area contributed by atoms with Gasteiger partial charge in [-0.15, -0.1) is 0 Å². The fourth-order valence-electron chi connectivity index (χ4n) is 2.91. The molecule has 0 atom stereocenters. The summed E-state index contributed by atoms with van der Waals surface area (Å²) in [6, 6.07) is 7.99. The molecule has 0 saturated carbocycles. The lowest BCUT2D eigenvalue weighted by Gasteiger charge is -2.29. The molecule has 118 valence electrons. The SMILES string of the molecule is CCCn1ccc(-c2ccc3c(c2)N(S(C)(=O)=O)CCC3)n1. The fraction of sp³-hybridized carbons (Fsp3) is 0.438. The molecule has 0 fully saturated rings. The predicted molar refractivity (Wildman–Crippen MR) is 88.5 cm³/mol. The fourth-order valence-corrected chi connectivity index (χ4v) is 3.90. The molecule has 2 heterocycles. The first-order chi connectivity index (χ1) is 10.5. The maximum atomic E-state index is 12.0. The first kappa shape index (κ1) is 15.1. The third-order valence-corrected chi connectivity index (χ3v) is 5.13. The summed E-state index contributed by atoms with van der Waals surface area (Å²) < 4.78 is 27.4. The normalized spacial score (nSPS) is 14.9. The maximum absolute atomic E-state index is 12.0. The van der Waals surface area contributed by atoms with E-state index in [-0.39, 0.29) is 0 Å². The van der Waals surface area contributed by atoms with E-state index in [1.807, 2.05) is 35.1 Å². The number of anilines is 1. The molecule has 0 amide bonds. The molecule has 0 aliphatic carbocycles. The van der Waals surface area contributed by atoms with Gasteiger partial charge in [0.05, 0.1) is 17.6 Å². The highest BCUT2D eigenvalue weighted by atomic mass is 32.2. The highest BCUT2D eigenvalue weighted by molar-refractivity contribution is 7.92. The molecule has 6 heteroatoms. The van der Waals surface area contributed by atoms with E-state index in [2.05, 4.69) is 12.0 Å². The lowest BCUT2D eigenvalue weighted by atomic mass is 10.0. The number of fused-ring (bicyclic) bond motifs is 1. The number of aryl methyl sites for hydroxylation is 2. The van der Waals surface area contributed by atoms with Crippen molar-refractivity contribution in [1.82, 2.24) is 9.78 Å². The van der Waals surface area contributed by atoms with E-state index >= 15 is 0 Å². The maximum Gasteiger partial charge on any atom is 0.232 e. The van der Waals surface area contributed by atoms with Crippen LogP contribution in [0.3, 0.4) is 0 Å². The van der Waals surface area contributed by atoms with Gasteiger partial charge in [0, 0.05) is 24.8 Å². The van der Waals surface area contributed by atoms with E-state index in [1.165, 1.54) is 10.6 Å². The minimum absolute atomic E-state index is 0.555. The highest BCUT2D eigenvalue weighted by Gasteiger charge is 2.24. The number of sulfonamides is 1. The molecule has 0 saturated heterocycles. The van der Waals surface area contributed by atoms with Crippen molar-refractivity contribution in [2.75, 3.05) is 17.1 Å². The van der Waals surface area contributed by atoms with Gasteiger partial charge in [0.15, 0.2) is 0 Å². The monoisotopic (exact) mass is 319 g/mol. The van der Waals surface area contributed by atoms with Gasteiger partial charge in [-0.2, -0.15) is 5.10 Å². The Balaban J connectivity index is 2.01. The van der Waals surface area contributed by atoms with Crippen molar-refractivity contribution in [2.24, 2.45) is 0 Å². The quantitative estimate of drug-likeness (QED) is 0.870. The third kappa shape index (κ3) is 2.88. The molecule has 0 N–H and O–H groups in total. The molecule has 0 spiro atoms. The van der Waals surface area contributed by atoms with Crippen LogP contribution in [-0.2, 0) is 23.0 Å². The van der Waals surface area contributed by atoms with Crippen LogP contribution in [0.5, 0.6) is 0 Å². The zero-order chi connectivity index (χ0) is 15.7. The smallest absolute Gasteiger partial charge is 0.232 e. The zero-order valence-electron chi connectivity index (χ0n) is 13.0. The Hall–Kier alpha value is -1.82. The Morgan fingerprint density at radius 1 is 1.27 bits per heavy atom. The number of aromatic nitrogens is 2. The molecule has 1 aliphatic heterocycles. The number of benzene rings is 1. The van der Waals surface area contributed by atoms with Gasteiger partial charge in [-0.05, 0) is 37.0 Å². The van der Waals surface area contributed by atoms with E-state index < -0.39 is 10.0 Å². The second kappa shape index (κ2) is 5.76. The van der Waals surface area contributed by atoms with E-state index in [0.29, 0.717) is 6.54 Å². The Morgan fingerprint density at radius 2 is 2.09 bits per heavy atom. The van der Waals surface area contributed by atoms with E-state index in [1.54, 1.807) is 0 Å². The molecule has 1 aromatic carbocycles. The first-order valence-corrected chi connectivity index (χ1v) is 9.48. The van der Waals surface area contributed by atoms with Crippen LogP contribution in [0.2, 0.25) is 0 Å². The van der Waals surface area contributed by atoms with Crippen LogP contribution in [-0.4, -0.2) is 31.0 Å². The molecular formula is C16H21N3O2S. The second-order valence-corrected chi connectivity index (χ2v) is 7.65. The third-order valence-electron chi connectivity index (χ3n) is 3.95. The van der Waals surface area contributed by atoms with Crippen molar-refractivity contribution < 1.29 is 8.42 Å². The van der Waals surface area contributed by atoms with Crippen LogP contribution in [0.4, 0.5) is 5.69 Å². The number of rotatable bonds is 4. The minimum Gasteiger partial charge on any atom is -0.272 e. The van der Waals surface area contributed by atoms with Crippen molar-refractivity contribution in [2.45, 2.75) is 32.7 Å². The summed E-state index contributed by atoms with van der Waals surface area (Å²) in [6.07, 6.45) is 6.06. The van der Waals surface area contributed by atoms with Crippen molar-refractivity contribution >= 4 is 15.7 Å². The summed E-state index contributed by atoms with van der Waals surface area (Å²) in [4.78, 5) is 0. The molecular weight excluding hydrogens is 298 g/mol. The molecule has 1 aromatic heterocycles. The Bertz CT molecular complexity index is 780. The largest absolute Gasteiger partial charge is 0.272 e. The standard InChI is InChI=1S/C16H21N3O2S/c1-3-9-18-11-8-15(17-18)14-7-6-13-5-4-10-19(16(13)12-14)22(2,20)21/h6-8,11-12H,3-5,9-10H2,1-2H3. The minimum atomic E-state index is -3.23. The summed E-state index contributed by atoms with van der Waals surface area (Å²) in [5.74, 6) is 0. The van der Waals surface area contributed by atoms with Crippen LogP contribution >= 0.6 is 0 Å². The number of nitrogens with zero attached hydrogens (tertiary/aromatic N) is 3. The molecule has 3 rings (SSSR count). The lowest BCUT2D eigenvalue weighted by molar-refractivity contribution is 0.592. The Kier molecular flexibility index (Phi) is 3.95. The van der Waals surface area contributed by atoms with Gasteiger partial charge in [-0.3, -0.25) is 8.99 Å². The summed E-state index contributed by atoms with van der Waals surface area (Å²) >= 11 is 0. The van der Waals surface area contributed by atoms with Crippen molar-refractivity contribution in [1.29, 1.82) is 0 Å². The van der Waals surface area contributed by atoms with Crippen molar-refractivity contribution in [3.63, 3.8) is 0 Å². The van der Waals surface area contributed by atoms with E-state index in [9.17, 15) is 8.42 Å². The highest BCUT2D eigenvalue weighted by Crippen LogP contribution is 2.32. The Labute approximate surface area is 131 Å². The molecule has 0 bridgehead atoms. The Morgan fingerprint density at radius 3 is 2.82 bits per heavy atom. The second-order valence-electron chi connectivity index (χ2n) is 5.75. The molecule has 5 nitrogen and oxygen atoms in total. The van der Waals surface area contributed by atoms with Crippen LogP contribution in [0, 0.1) is 0 Å². The van der Waals surface area contributed by atoms with Gasteiger partial charge in [0.25, 0.3) is 0 Å². The van der Waals surface area contributed by atoms with E-state index in [4.69, 9.17) is 0 Å². The molecule has 22 heavy (non-hydrogen) atoms. The predicted octanol–water partition coefficient (Wildman–Crippen LogP) is 2.67. The van der Waals surface area contributed by atoms with Crippen LogP contribution in [0.25, 0.3) is 11.3 Å².